The Morgan fingerprint density at radius 1 is 0.857 bits per heavy atom. The Kier molecular flexibility index (Phi) is 6.01. The zero-order valence-electron chi connectivity index (χ0n) is 15.6. The number of likely N-dealkylation sites (tertiary alicyclic amines) is 1. The zero-order valence-corrected chi connectivity index (χ0v) is 16.4. The Balaban J connectivity index is 1.37. The van der Waals surface area contributed by atoms with E-state index in [2.05, 4.69) is 33.1 Å². The number of aromatic nitrogens is 2. The predicted octanol–water partition coefficient (Wildman–Crippen LogP) is 4.84. The highest BCUT2D eigenvalue weighted by molar-refractivity contribution is 6.30. The molecule has 3 aromatic rings. The summed E-state index contributed by atoms with van der Waals surface area (Å²) in [6.45, 7) is 3.37. The Hall–Kier alpha value is -2.67. The van der Waals surface area contributed by atoms with Crippen LogP contribution in [-0.4, -0.2) is 34.5 Å². The van der Waals surface area contributed by atoms with Gasteiger partial charge < -0.3 is 4.90 Å². The van der Waals surface area contributed by atoms with Gasteiger partial charge in [-0.3, -0.25) is 4.98 Å². The van der Waals surface area contributed by atoms with Gasteiger partial charge in [0.05, 0.1) is 0 Å². The van der Waals surface area contributed by atoms with Crippen molar-refractivity contribution in [3.05, 3.63) is 89.3 Å². The largest absolute Gasteiger partial charge is 0.303 e. The number of benzene rings is 1. The normalized spacial score (nSPS) is 13.9. The summed E-state index contributed by atoms with van der Waals surface area (Å²) in [5, 5.41) is 0.729. The van der Waals surface area contributed by atoms with Crippen molar-refractivity contribution < 1.29 is 0 Å². The second kappa shape index (κ2) is 9.01. The summed E-state index contributed by atoms with van der Waals surface area (Å²) in [5.41, 5.74) is 4.76. The fraction of sp³-hybridized carbons (Fsp3) is 0.208. The van der Waals surface area contributed by atoms with Crippen LogP contribution in [0.15, 0.2) is 60.9 Å². The Bertz CT molecular complexity index is 962. The SMILES string of the molecule is Clc1ccc(-c2ccc(C#Cc3ccc([CH]CN4CCCC4)nc3)nc2)cc1. The lowest BCUT2D eigenvalue weighted by atomic mass is 10.1. The van der Waals surface area contributed by atoms with E-state index in [-0.39, 0.29) is 0 Å². The lowest BCUT2D eigenvalue weighted by Gasteiger charge is -2.13. The molecule has 28 heavy (non-hydrogen) atoms. The van der Waals surface area contributed by atoms with Crippen molar-refractivity contribution in [3.63, 3.8) is 0 Å². The van der Waals surface area contributed by atoms with E-state index in [1.54, 1.807) is 0 Å². The van der Waals surface area contributed by atoms with Gasteiger partial charge in [0.15, 0.2) is 0 Å². The Morgan fingerprint density at radius 2 is 1.64 bits per heavy atom. The first-order valence-electron chi connectivity index (χ1n) is 9.52. The Labute approximate surface area is 171 Å². The molecule has 1 radical (unpaired) electrons. The van der Waals surface area contributed by atoms with Crippen LogP contribution in [0, 0.1) is 18.3 Å². The van der Waals surface area contributed by atoms with Gasteiger partial charge in [0, 0.05) is 47.2 Å². The summed E-state index contributed by atoms with van der Waals surface area (Å²) in [6.07, 6.45) is 8.46. The van der Waals surface area contributed by atoms with Gasteiger partial charge in [-0.25, -0.2) is 4.98 Å². The van der Waals surface area contributed by atoms with E-state index < -0.39 is 0 Å². The topological polar surface area (TPSA) is 29.0 Å². The van der Waals surface area contributed by atoms with Gasteiger partial charge >= 0.3 is 0 Å². The van der Waals surface area contributed by atoms with Crippen LogP contribution >= 0.6 is 11.6 Å². The molecular weight excluding hydrogens is 366 g/mol. The molecule has 1 saturated heterocycles. The molecule has 1 fully saturated rings. The summed E-state index contributed by atoms with van der Waals surface area (Å²) in [7, 11) is 0. The summed E-state index contributed by atoms with van der Waals surface area (Å²) in [5.74, 6) is 6.24. The molecule has 0 amide bonds. The van der Waals surface area contributed by atoms with Crippen molar-refractivity contribution in [2.75, 3.05) is 19.6 Å². The third-order valence-corrected chi connectivity index (χ3v) is 5.07. The van der Waals surface area contributed by atoms with E-state index in [0.29, 0.717) is 0 Å². The first-order valence-corrected chi connectivity index (χ1v) is 9.90. The summed E-state index contributed by atoms with van der Waals surface area (Å²) < 4.78 is 0. The highest BCUT2D eigenvalue weighted by Gasteiger charge is 2.11. The van der Waals surface area contributed by atoms with Crippen molar-refractivity contribution in [1.82, 2.24) is 14.9 Å². The van der Waals surface area contributed by atoms with E-state index in [1.165, 1.54) is 25.9 Å². The molecule has 139 valence electrons. The molecule has 0 atom stereocenters. The lowest BCUT2D eigenvalue weighted by Crippen LogP contribution is -2.21. The van der Waals surface area contributed by atoms with Crippen LogP contribution in [0.1, 0.15) is 29.8 Å². The van der Waals surface area contributed by atoms with E-state index in [4.69, 9.17) is 11.6 Å². The number of hydrogen-bond donors (Lipinski definition) is 0. The average molecular weight is 387 g/mol. The summed E-state index contributed by atoms with van der Waals surface area (Å²) in [6, 6.07) is 15.7. The second-order valence-corrected chi connectivity index (χ2v) is 7.31. The molecule has 4 heteroatoms. The van der Waals surface area contributed by atoms with E-state index >= 15 is 0 Å². The van der Waals surface area contributed by atoms with Crippen LogP contribution in [0.4, 0.5) is 0 Å². The number of halogens is 1. The lowest BCUT2D eigenvalue weighted by molar-refractivity contribution is 0.368. The first kappa shape index (κ1) is 18.7. The van der Waals surface area contributed by atoms with Crippen LogP contribution in [-0.2, 0) is 0 Å². The number of rotatable bonds is 4. The second-order valence-electron chi connectivity index (χ2n) is 6.87. The van der Waals surface area contributed by atoms with E-state index in [1.807, 2.05) is 60.9 Å². The van der Waals surface area contributed by atoms with Crippen LogP contribution in [0.25, 0.3) is 11.1 Å². The minimum Gasteiger partial charge on any atom is -0.303 e. The zero-order chi connectivity index (χ0) is 19.2. The van der Waals surface area contributed by atoms with Crippen LogP contribution in [0.3, 0.4) is 0 Å². The first-order chi connectivity index (χ1) is 13.8. The summed E-state index contributed by atoms with van der Waals surface area (Å²) in [4.78, 5) is 11.4. The number of nitrogens with zero attached hydrogens (tertiary/aromatic N) is 3. The van der Waals surface area contributed by atoms with E-state index in [0.717, 1.165) is 39.6 Å². The minimum atomic E-state index is 0.729. The molecule has 3 nitrogen and oxygen atoms in total. The number of hydrogen-bond acceptors (Lipinski definition) is 3. The maximum absolute atomic E-state index is 5.94. The van der Waals surface area contributed by atoms with Crippen molar-refractivity contribution >= 4 is 11.6 Å². The molecule has 1 aliphatic heterocycles. The molecule has 0 saturated carbocycles. The monoisotopic (exact) mass is 386 g/mol. The molecule has 0 N–H and O–H groups in total. The van der Waals surface area contributed by atoms with Crippen molar-refractivity contribution in [1.29, 1.82) is 0 Å². The van der Waals surface area contributed by atoms with Gasteiger partial charge in [0.25, 0.3) is 0 Å². The molecular formula is C24H21ClN3. The molecule has 0 bridgehead atoms. The smallest absolute Gasteiger partial charge is 0.113 e. The molecule has 4 rings (SSSR count). The fourth-order valence-electron chi connectivity index (χ4n) is 3.20. The fourth-order valence-corrected chi connectivity index (χ4v) is 3.33. The number of pyridine rings is 2. The molecule has 0 unspecified atom stereocenters. The third-order valence-electron chi connectivity index (χ3n) is 4.82. The van der Waals surface area contributed by atoms with Crippen LogP contribution in [0.2, 0.25) is 5.02 Å². The predicted molar refractivity (Wildman–Crippen MR) is 114 cm³/mol. The molecule has 0 spiro atoms. The highest BCUT2D eigenvalue weighted by atomic mass is 35.5. The van der Waals surface area contributed by atoms with Gasteiger partial charge in [0.2, 0.25) is 0 Å². The maximum atomic E-state index is 5.94. The molecule has 3 heterocycles. The average Bonchev–Trinajstić information content (AvgIpc) is 3.26. The van der Waals surface area contributed by atoms with Gasteiger partial charge in [-0.15, -0.1) is 0 Å². The van der Waals surface area contributed by atoms with Crippen LogP contribution < -0.4 is 0 Å². The van der Waals surface area contributed by atoms with Crippen molar-refractivity contribution in [2.24, 2.45) is 0 Å². The van der Waals surface area contributed by atoms with Gasteiger partial charge in [-0.05, 0) is 67.7 Å². The molecule has 1 aromatic carbocycles. The van der Waals surface area contributed by atoms with E-state index in [9.17, 15) is 0 Å². The van der Waals surface area contributed by atoms with Gasteiger partial charge in [-0.1, -0.05) is 35.7 Å². The molecule has 1 aliphatic rings. The third kappa shape index (κ3) is 4.98. The summed E-state index contributed by atoms with van der Waals surface area (Å²) >= 11 is 5.94. The van der Waals surface area contributed by atoms with Gasteiger partial charge in [-0.2, -0.15) is 0 Å². The highest BCUT2D eigenvalue weighted by Crippen LogP contribution is 2.20. The van der Waals surface area contributed by atoms with Crippen LogP contribution in [0.5, 0.6) is 0 Å². The Morgan fingerprint density at radius 3 is 2.32 bits per heavy atom. The molecule has 0 aliphatic carbocycles. The molecule has 2 aromatic heterocycles. The standard InChI is InChI=1S/C24H21ClN3/c25-22-8-5-20(6-9-22)21-7-12-23(27-18-21)10-3-19-4-11-24(26-17-19)13-16-28-14-1-2-15-28/h4-9,11-13,17-18H,1-2,14-16H2. The maximum Gasteiger partial charge on any atom is 0.113 e. The van der Waals surface area contributed by atoms with Crippen molar-refractivity contribution in [2.45, 2.75) is 12.8 Å². The van der Waals surface area contributed by atoms with Gasteiger partial charge in [0.1, 0.15) is 5.69 Å². The minimum absolute atomic E-state index is 0.729. The van der Waals surface area contributed by atoms with Crippen molar-refractivity contribution in [3.8, 4) is 23.0 Å². The quantitative estimate of drug-likeness (QED) is 0.600.